The largest absolute Gasteiger partial charge is 0.383 e. The van der Waals surface area contributed by atoms with Gasteiger partial charge in [0.15, 0.2) is 0 Å². The van der Waals surface area contributed by atoms with Crippen LogP contribution in [0.5, 0.6) is 0 Å². The number of aromatic nitrogens is 2. The maximum absolute atomic E-state index is 5.01. The van der Waals surface area contributed by atoms with E-state index in [4.69, 9.17) is 4.74 Å². The summed E-state index contributed by atoms with van der Waals surface area (Å²) < 4.78 is 7.09. The van der Waals surface area contributed by atoms with Crippen molar-refractivity contribution in [2.75, 3.05) is 26.0 Å². The highest BCUT2D eigenvalue weighted by Gasteiger charge is 2.00. The monoisotopic (exact) mass is 305 g/mol. The van der Waals surface area contributed by atoms with Crippen molar-refractivity contribution >= 4 is 11.8 Å². The summed E-state index contributed by atoms with van der Waals surface area (Å²) in [6.07, 6.45) is 4.84. The number of thioether (sulfide) groups is 1. The topological polar surface area (TPSA) is 39.1 Å². The number of aryl methyl sites for hydroxylation is 2. The van der Waals surface area contributed by atoms with Gasteiger partial charge in [0.2, 0.25) is 0 Å². The van der Waals surface area contributed by atoms with Gasteiger partial charge < -0.3 is 14.6 Å². The third-order valence-corrected chi connectivity index (χ3v) is 4.26. The van der Waals surface area contributed by atoms with Gasteiger partial charge in [-0.05, 0) is 17.7 Å². The van der Waals surface area contributed by atoms with Gasteiger partial charge in [0.1, 0.15) is 5.82 Å². The van der Waals surface area contributed by atoms with Crippen LogP contribution in [0.2, 0.25) is 0 Å². The second kappa shape index (κ2) is 8.87. The molecule has 0 radical (unpaired) electrons. The molecular formula is C16H23N3OS. The first-order valence-electron chi connectivity index (χ1n) is 7.17. The zero-order chi connectivity index (χ0) is 14.9. The Balaban J connectivity index is 1.71. The normalized spacial score (nSPS) is 11.0. The van der Waals surface area contributed by atoms with Crippen molar-refractivity contribution in [1.82, 2.24) is 14.9 Å². The third-order valence-electron chi connectivity index (χ3n) is 3.25. The molecule has 1 heterocycles. The lowest BCUT2D eigenvalue weighted by atomic mass is 10.2. The minimum atomic E-state index is 0.751. The molecule has 0 aliphatic heterocycles. The number of nitrogens with one attached hydrogen (secondary N) is 1. The number of rotatable bonds is 9. The number of ether oxygens (including phenoxy) is 1. The van der Waals surface area contributed by atoms with Gasteiger partial charge >= 0.3 is 0 Å². The van der Waals surface area contributed by atoms with Crippen LogP contribution in [-0.2, 0) is 24.8 Å². The fourth-order valence-electron chi connectivity index (χ4n) is 2.01. The third kappa shape index (κ3) is 5.53. The van der Waals surface area contributed by atoms with Gasteiger partial charge in [0.05, 0.1) is 6.61 Å². The summed E-state index contributed by atoms with van der Waals surface area (Å²) in [6.45, 7) is 2.53. The van der Waals surface area contributed by atoms with Crippen LogP contribution in [-0.4, -0.2) is 35.6 Å². The average Bonchev–Trinajstić information content (AvgIpc) is 2.91. The minimum absolute atomic E-state index is 0.751. The SMILES string of the molecule is COCCNCc1ccc(SCCc2nccn2C)cc1. The van der Waals surface area contributed by atoms with Gasteiger partial charge in [-0.3, -0.25) is 0 Å². The van der Waals surface area contributed by atoms with Crippen LogP contribution in [0.15, 0.2) is 41.6 Å². The van der Waals surface area contributed by atoms with Crippen molar-refractivity contribution < 1.29 is 4.74 Å². The first-order valence-corrected chi connectivity index (χ1v) is 8.16. The molecule has 0 spiro atoms. The summed E-state index contributed by atoms with van der Waals surface area (Å²) in [5.74, 6) is 2.19. The molecule has 0 fully saturated rings. The Bertz CT molecular complexity index is 525. The number of benzene rings is 1. The summed E-state index contributed by atoms with van der Waals surface area (Å²) in [6, 6.07) is 8.75. The lowest BCUT2D eigenvalue weighted by Crippen LogP contribution is -2.18. The van der Waals surface area contributed by atoms with Crippen LogP contribution >= 0.6 is 11.8 Å². The van der Waals surface area contributed by atoms with Crippen molar-refractivity contribution in [3.05, 3.63) is 48.0 Å². The Labute approximate surface area is 130 Å². The van der Waals surface area contributed by atoms with Crippen LogP contribution in [0.4, 0.5) is 0 Å². The molecule has 1 N–H and O–H groups in total. The van der Waals surface area contributed by atoms with Gasteiger partial charge in [-0.25, -0.2) is 4.98 Å². The lowest BCUT2D eigenvalue weighted by molar-refractivity contribution is 0.199. The molecular weight excluding hydrogens is 282 g/mol. The number of methoxy groups -OCH3 is 1. The number of hydrogen-bond acceptors (Lipinski definition) is 4. The molecule has 2 aromatic rings. The molecule has 0 saturated carbocycles. The van der Waals surface area contributed by atoms with Crippen molar-refractivity contribution in [3.8, 4) is 0 Å². The van der Waals surface area contributed by atoms with E-state index in [-0.39, 0.29) is 0 Å². The van der Waals surface area contributed by atoms with E-state index in [9.17, 15) is 0 Å². The second-order valence-corrected chi connectivity index (χ2v) is 6.03. The average molecular weight is 305 g/mol. The Kier molecular flexibility index (Phi) is 6.79. The van der Waals surface area contributed by atoms with E-state index in [2.05, 4.69) is 39.1 Å². The van der Waals surface area contributed by atoms with Gasteiger partial charge in [0.25, 0.3) is 0 Å². The maximum atomic E-state index is 5.01. The van der Waals surface area contributed by atoms with Gasteiger partial charge in [-0.2, -0.15) is 0 Å². The fraction of sp³-hybridized carbons (Fsp3) is 0.438. The Morgan fingerprint density at radius 3 is 2.76 bits per heavy atom. The quantitative estimate of drug-likeness (QED) is 0.571. The molecule has 0 unspecified atom stereocenters. The predicted molar refractivity (Wildman–Crippen MR) is 87.7 cm³/mol. The van der Waals surface area contributed by atoms with E-state index >= 15 is 0 Å². The fourth-order valence-corrected chi connectivity index (χ4v) is 2.86. The van der Waals surface area contributed by atoms with Gasteiger partial charge in [-0.1, -0.05) is 12.1 Å². The highest BCUT2D eigenvalue weighted by Crippen LogP contribution is 2.19. The van der Waals surface area contributed by atoms with E-state index in [0.717, 1.165) is 37.7 Å². The molecule has 0 aliphatic carbocycles. The summed E-state index contributed by atoms with van der Waals surface area (Å²) in [5, 5.41) is 3.35. The number of imidazole rings is 1. The highest BCUT2D eigenvalue weighted by molar-refractivity contribution is 7.99. The molecule has 1 aromatic carbocycles. The van der Waals surface area contributed by atoms with E-state index in [1.807, 2.05) is 31.2 Å². The number of hydrogen-bond donors (Lipinski definition) is 1. The maximum Gasteiger partial charge on any atom is 0.109 e. The Morgan fingerprint density at radius 2 is 2.10 bits per heavy atom. The van der Waals surface area contributed by atoms with Gasteiger partial charge in [-0.15, -0.1) is 11.8 Å². The molecule has 2 rings (SSSR count). The van der Waals surface area contributed by atoms with Crippen molar-refractivity contribution in [3.63, 3.8) is 0 Å². The predicted octanol–water partition coefficient (Wildman–Crippen LogP) is 2.49. The molecule has 1 aromatic heterocycles. The lowest BCUT2D eigenvalue weighted by Gasteiger charge is -2.06. The smallest absolute Gasteiger partial charge is 0.109 e. The molecule has 0 saturated heterocycles. The van der Waals surface area contributed by atoms with E-state index < -0.39 is 0 Å². The van der Waals surface area contributed by atoms with Crippen LogP contribution in [0.25, 0.3) is 0 Å². The van der Waals surface area contributed by atoms with Crippen LogP contribution in [0, 0.1) is 0 Å². The molecule has 114 valence electrons. The highest BCUT2D eigenvalue weighted by atomic mass is 32.2. The van der Waals surface area contributed by atoms with Crippen molar-refractivity contribution in [2.24, 2.45) is 7.05 Å². The summed E-state index contributed by atoms with van der Waals surface area (Å²) >= 11 is 1.87. The zero-order valence-electron chi connectivity index (χ0n) is 12.7. The standard InChI is InChI=1S/C16H23N3OS/c1-19-10-8-18-16(19)7-12-21-15-5-3-14(4-6-15)13-17-9-11-20-2/h3-6,8,10,17H,7,9,11-13H2,1-2H3. The molecule has 0 aliphatic rings. The molecule has 0 bridgehead atoms. The first kappa shape index (κ1) is 16.1. The molecule has 4 nitrogen and oxygen atoms in total. The second-order valence-electron chi connectivity index (χ2n) is 4.87. The van der Waals surface area contributed by atoms with E-state index in [1.165, 1.54) is 10.5 Å². The Hall–Kier alpha value is -1.30. The van der Waals surface area contributed by atoms with Crippen molar-refractivity contribution in [2.45, 2.75) is 17.9 Å². The van der Waals surface area contributed by atoms with E-state index in [1.54, 1.807) is 7.11 Å². The van der Waals surface area contributed by atoms with Crippen molar-refractivity contribution in [1.29, 1.82) is 0 Å². The van der Waals surface area contributed by atoms with E-state index in [0.29, 0.717) is 0 Å². The van der Waals surface area contributed by atoms with Crippen LogP contribution < -0.4 is 5.32 Å². The minimum Gasteiger partial charge on any atom is -0.383 e. The summed E-state index contributed by atoms with van der Waals surface area (Å²) in [4.78, 5) is 5.65. The van der Waals surface area contributed by atoms with Crippen LogP contribution in [0.1, 0.15) is 11.4 Å². The first-order chi connectivity index (χ1) is 10.3. The summed E-state index contributed by atoms with van der Waals surface area (Å²) in [5.41, 5.74) is 1.31. The molecule has 0 atom stereocenters. The Morgan fingerprint density at radius 1 is 1.29 bits per heavy atom. The molecule has 21 heavy (non-hydrogen) atoms. The number of nitrogens with zero attached hydrogens (tertiary/aromatic N) is 2. The van der Waals surface area contributed by atoms with Gasteiger partial charge in [0, 0.05) is 56.7 Å². The van der Waals surface area contributed by atoms with Crippen LogP contribution in [0.3, 0.4) is 0 Å². The summed E-state index contributed by atoms with van der Waals surface area (Å²) in [7, 11) is 3.76. The zero-order valence-corrected chi connectivity index (χ0v) is 13.5. The molecule has 0 amide bonds. The molecule has 5 heteroatoms.